The lowest BCUT2D eigenvalue weighted by atomic mass is 10.2. The minimum atomic E-state index is 0.156. The maximum absolute atomic E-state index is 11.8. The molecular weight excluding hydrogens is 182 g/mol. The van der Waals surface area contributed by atoms with E-state index in [1.165, 1.54) is 0 Å². The highest BCUT2D eigenvalue weighted by atomic mass is 32.1. The van der Waals surface area contributed by atoms with Crippen LogP contribution < -0.4 is 0 Å². The molecule has 1 rings (SSSR count). The molecule has 0 aliphatic carbocycles. The Morgan fingerprint density at radius 3 is 2.38 bits per heavy atom. The molecule has 1 heterocycles. The maximum atomic E-state index is 11.8. The van der Waals surface area contributed by atoms with Gasteiger partial charge in [0.25, 0.3) is 5.91 Å². The van der Waals surface area contributed by atoms with E-state index in [0.29, 0.717) is 0 Å². The summed E-state index contributed by atoms with van der Waals surface area (Å²) in [7, 11) is 0. The van der Waals surface area contributed by atoms with Gasteiger partial charge in [0.05, 0.1) is 5.56 Å². The molecule has 0 saturated carbocycles. The molecule has 0 aromatic carbocycles. The topological polar surface area (TPSA) is 20.3 Å². The highest BCUT2D eigenvalue weighted by molar-refractivity contribution is 7.08. The predicted octanol–water partition coefficient (Wildman–Crippen LogP) is 2.54. The summed E-state index contributed by atoms with van der Waals surface area (Å²) >= 11 is 1.59. The first-order chi connectivity index (χ1) is 6.20. The van der Waals surface area contributed by atoms with E-state index in [1.807, 2.05) is 36.4 Å². The molecule has 0 N–H and O–H groups in total. The van der Waals surface area contributed by atoms with E-state index in [-0.39, 0.29) is 5.91 Å². The molecule has 72 valence electrons. The number of amides is 1. The van der Waals surface area contributed by atoms with Crippen LogP contribution in [0.5, 0.6) is 0 Å². The Morgan fingerprint density at radius 1 is 1.38 bits per heavy atom. The lowest BCUT2D eigenvalue weighted by Gasteiger charge is -2.18. The van der Waals surface area contributed by atoms with Crippen molar-refractivity contribution in [2.45, 2.75) is 20.8 Å². The second kappa shape index (κ2) is 4.42. The number of hydrogen-bond acceptors (Lipinski definition) is 2. The van der Waals surface area contributed by atoms with Crippen molar-refractivity contribution in [3.05, 3.63) is 21.9 Å². The van der Waals surface area contributed by atoms with E-state index >= 15 is 0 Å². The minimum absolute atomic E-state index is 0.156. The Morgan fingerprint density at radius 2 is 2.00 bits per heavy atom. The van der Waals surface area contributed by atoms with E-state index < -0.39 is 0 Å². The second-order valence-corrected chi connectivity index (χ2v) is 3.69. The first kappa shape index (κ1) is 10.3. The summed E-state index contributed by atoms with van der Waals surface area (Å²) in [5.74, 6) is 0.156. The zero-order chi connectivity index (χ0) is 9.84. The number of thiophene rings is 1. The molecule has 0 bridgehead atoms. The number of hydrogen-bond donors (Lipinski definition) is 0. The molecule has 1 amide bonds. The summed E-state index contributed by atoms with van der Waals surface area (Å²) in [5.41, 5.74) is 1.94. The van der Waals surface area contributed by atoms with Crippen molar-refractivity contribution in [2.24, 2.45) is 0 Å². The van der Waals surface area contributed by atoms with Gasteiger partial charge < -0.3 is 4.90 Å². The van der Waals surface area contributed by atoms with Crippen LogP contribution in [-0.4, -0.2) is 23.9 Å². The Labute approximate surface area is 83.2 Å². The Hall–Kier alpha value is -0.830. The summed E-state index contributed by atoms with van der Waals surface area (Å²) in [6, 6.07) is 0. The summed E-state index contributed by atoms with van der Waals surface area (Å²) < 4.78 is 0. The second-order valence-electron chi connectivity index (χ2n) is 2.95. The monoisotopic (exact) mass is 197 g/mol. The van der Waals surface area contributed by atoms with Crippen LogP contribution in [-0.2, 0) is 0 Å². The van der Waals surface area contributed by atoms with Crippen molar-refractivity contribution in [3.63, 3.8) is 0 Å². The Kier molecular flexibility index (Phi) is 3.48. The van der Waals surface area contributed by atoms with Crippen molar-refractivity contribution < 1.29 is 4.79 Å². The molecule has 0 spiro atoms. The molecule has 0 saturated heterocycles. The fourth-order valence-electron chi connectivity index (χ4n) is 1.26. The standard InChI is InChI=1S/C10H15NOS/c1-4-11(5-2)10(12)9-7-13-6-8(9)3/h6-7H,4-5H2,1-3H3. The third-order valence-electron chi connectivity index (χ3n) is 2.14. The van der Waals surface area contributed by atoms with Gasteiger partial charge in [0.1, 0.15) is 0 Å². The maximum Gasteiger partial charge on any atom is 0.254 e. The average molecular weight is 197 g/mol. The molecule has 0 fully saturated rings. The Balaban J connectivity index is 2.84. The summed E-state index contributed by atoms with van der Waals surface area (Å²) in [4.78, 5) is 13.7. The largest absolute Gasteiger partial charge is 0.339 e. The van der Waals surface area contributed by atoms with Crippen molar-refractivity contribution in [1.82, 2.24) is 4.90 Å². The molecule has 0 aliphatic rings. The van der Waals surface area contributed by atoms with E-state index in [1.54, 1.807) is 11.3 Å². The third kappa shape index (κ3) is 2.10. The molecule has 0 radical (unpaired) electrons. The van der Waals surface area contributed by atoms with Crippen LogP contribution in [0.25, 0.3) is 0 Å². The van der Waals surface area contributed by atoms with Crippen LogP contribution in [0.3, 0.4) is 0 Å². The number of nitrogens with zero attached hydrogens (tertiary/aromatic N) is 1. The molecule has 0 aliphatic heterocycles. The molecular formula is C10H15NOS. The van der Waals surface area contributed by atoms with Gasteiger partial charge in [-0.3, -0.25) is 4.79 Å². The smallest absolute Gasteiger partial charge is 0.254 e. The highest BCUT2D eigenvalue weighted by Crippen LogP contribution is 2.15. The van der Waals surface area contributed by atoms with Gasteiger partial charge in [-0.05, 0) is 31.7 Å². The number of aryl methyl sites for hydroxylation is 1. The summed E-state index contributed by atoms with van der Waals surface area (Å²) in [6.07, 6.45) is 0. The van der Waals surface area contributed by atoms with Crippen molar-refractivity contribution in [1.29, 1.82) is 0 Å². The normalized spacial score (nSPS) is 10.1. The SMILES string of the molecule is CCN(CC)C(=O)c1cscc1C. The van der Waals surface area contributed by atoms with E-state index in [2.05, 4.69) is 0 Å². The first-order valence-electron chi connectivity index (χ1n) is 4.52. The van der Waals surface area contributed by atoms with E-state index in [0.717, 1.165) is 24.2 Å². The van der Waals surface area contributed by atoms with Crippen LogP contribution in [0.1, 0.15) is 29.8 Å². The lowest BCUT2D eigenvalue weighted by molar-refractivity contribution is 0.0773. The van der Waals surface area contributed by atoms with Gasteiger partial charge in [-0.1, -0.05) is 0 Å². The van der Waals surface area contributed by atoms with Gasteiger partial charge in [-0.25, -0.2) is 0 Å². The van der Waals surface area contributed by atoms with Gasteiger partial charge in [-0.15, -0.1) is 0 Å². The van der Waals surface area contributed by atoms with Crippen LogP contribution in [0.2, 0.25) is 0 Å². The number of carbonyl (C=O) groups excluding carboxylic acids is 1. The Bertz CT molecular complexity index is 289. The fraction of sp³-hybridized carbons (Fsp3) is 0.500. The molecule has 0 unspecified atom stereocenters. The molecule has 13 heavy (non-hydrogen) atoms. The fourth-order valence-corrected chi connectivity index (χ4v) is 2.08. The first-order valence-corrected chi connectivity index (χ1v) is 5.47. The average Bonchev–Trinajstić information content (AvgIpc) is 2.53. The molecule has 0 atom stereocenters. The lowest BCUT2D eigenvalue weighted by Crippen LogP contribution is -2.30. The van der Waals surface area contributed by atoms with E-state index in [9.17, 15) is 4.79 Å². The van der Waals surface area contributed by atoms with Gasteiger partial charge in [-0.2, -0.15) is 11.3 Å². The van der Waals surface area contributed by atoms with Gasteiger partial charge >= 0.3 is 0 Å². The zero-order valence-electron chi connectivity index (χ0n) is 8.33. The zero-order valence-corrected chi connectivity index (χ0v) is 9.15. The van der Waals surface area contributed by atoms with E-state index in [4.69, 9.17) is 0 Å². The number of carbonyl (C=O) groups is 1. The van der Waals surface area contributed by atoms with Crippen molar-refractivity contribution >= 4 is 17.2 Å². The van der Waals surface area contributed by atoms with Crippen molar-refractivity contribution in [2.75, 3.05) is 13.1 Å². The predicted molar refractivity (Wildman–Crippen MR) is 56.3 cm³/mol. The highest BCUT2D eigenvalue weighted by Gasteiger charge is 2.14. The van der Waals surface area contributed by atoms with Crippen LogP contribution in [0, 0.1) is 6.92 Å². The van der Waals surface area contributed by atoms with Gasteiger partial charge in [0.15, 0.2) is 0 Å². The molecule has 1 aromatic heterocycles. The van der Waals surface area contributed by atoms with Gasteiger partial charge in [0.2, 0.25) is 0 Å². The van der Waals surface area contributed by atoms with Gasteiger partial charge in [0, 0.05) is 18.5 Å². The molecule has 3 heteroatoms. The molecule has 2 nitrogen and oxygen atoms in total. The number of rotatable bonds is 3. The van der Waals surface area contributed by atoms with Crippen molar-refractivity contribution in [3.8, 4) is 0 Å². The molecule has 1 aromatic rings. The quantitative estimate of drug-likeness (QED) is 0.729. The van der Waals surface area contributed by atoms with Crippen LogP contribution >= 0.6 is 11.3 Å². The van der Waals surface area contributed by atoms with Crippen LogP contribution in [0.15, 0.2) is 10.8 Å². The van der Waals surface area contributed by atoms with Crippen LogP contribution in [0.4, 0.5) is 0 Å². The summed E-state index contributed by atoms with van der Waals surface area (Å²) in [5, 5.41) is 3.94. The minimum Gasteiger partial charge on any atom is -0.339 e. The summed E-state index contributed by atoms with van der Waals surface area (Å²) in [6.45, 7) is 7.55. The third-order valence-corrected chi connectivity index (χ3v) is 3.00.